The average molecular weight is 209 g/mol. The first-order valence-electron chi connectivity index (χ1n) is 5.37. The third-order valence-electron chi connectivity index (χ3n) is 2.73. The van der Waals surface area contributed by atoms with Crippen molar-refractivity contribution >= 4 is 0 Å². The largest absolute Gasteiger partial charge is 0.369 e. The number of hydrogen-bond acceptors (Lipinski definition) is 2. The summed E-state index contributed by atoms with van der Waals surface area (Å²) in [7, 11) is 0. The summed E-state index contributed by atoms with van der Waals surface area (Å²) in [6, 6.07) is 6.61. The normalized spacial score (nSPS) is 22.9. The van der Waals surface area contributed by atoms with Gasteiger partial charge in [-0.05, 0) is 37.6 Å². The average Bonchev–Trinajstić information content (AvgIpc) is 2.70. The van der Waals surface area contributed by atoms with E-state index in [2.05, 4.69) is 5.32 Å². The van der Waals surface area contributed by atoms with Crippen molar-refractivity contribution in [3.8, 4) is 0 Å². The van der Waals surface area contributed by atoms with Crippen LogP contribution in [0.2, 0.25) is 0 Å². The molecule has 1 aromatic carbocycles. The lowest BCUT2D eigenvalue weighted by Crippen LogP contribution is -2.18. The summed E-state index contributed by atoms with van der Waals surface area (Å²) in [5.74, 6) is -0.201. The molecule has 1 aromatic rings. The second kappa shape index (κ2) is 4.73. The van der Waals surface area contributed by atoms with Crippen LogP contribution in [-0.2, 0) is 4.74 Å². The van der Waals surface area contributed by atoms with E-state index in [1.807, 2.05) is 13.0 Å². The van der Waals surface area contributed by atoms with Gasteiger partial charge in [-0.3, -0.25) is 0 Å². The van der Waals surface area contributed by atoms with Gasteiger partial charge in [0.1, 0.15) is 5.82 Å². The molecule has 82 valence electrons. The highest BCUT2D eigenvalue weighted by molar-refractivity contribution is 5.18. The molecule has 0 bridgehead atoms. The highest BCUT2D eigenvalue weighted by Crippen LogP contribution is 2.21. The van der Waals surface area contributed by atoms with Crippen molar-refractivity contribution in [2.45, 2.75) is 25.6 Å². The van der Waals surface area contributed by atoms with Gasteiger partial charge in [0.15, 0.2) is 0 Å². The molecule has 0 unspecified atom stereocenters. The highest BCUT2D eigenvalue weighted by atomic mass is 19.1. The van der Waals surface area contributed by atoms with Crippen LogP contribution in [0.1, 0.15) is 25.0 Å². The van der Waals surface area contributed by atoms with Crippen LogP contribution in [0, 0.1) is 5.82 Å². The number of ether oxygens (including phenoxy) is 1. The first kappa shape index (κ1) is 10.6. The fraction of sp³-hybridized carbons (Fsp3) is 0.500. The van der Waals surface area contributed by atoms with Crippen molar-refractivity contribution in [1.29, 1.82) is 0 Å². The zero-order valence-corrected chi connectivity index (χ0v) is 8.87. The van der Waals surface area contributed by atoms with Crippen molar-refractivity contribution < 1.29 is 9.13 Å². The van der Waals surface area contributed by atoms with Gasteiger partial charge in [-0.25, -0.2) is 4.39 Å². The molecular formula is C12H16FNO. The lowest BCUT2D eigenvalue weighted by atomic mass is 10.1. The molecule has 1 aliphatic heterocycles. The monoisotopic (exact) mass is 209 g/mol. The molecule has 2 rings (SSSR count). The third kappa shape index (κ3) is 2.76. The lowest BCUT2D eigenvalue weighted by Gasteiger charge is -2.18. The molecule has 1 N–H and O–H groups in total. The van der Waals surface area contributed by atoms with Crippen LogP contribution in [0.4, 0.5) is 4.39 Å². The smallest absolute Gasteiger partial charge is 0.123 e. The van der Waals surface area contributed by atoms with Crippen LogP contribution >= 0.6 is 0 Å². The molecular weight excluding hydrogens is 193 g/mol. The lowest BCUT2D eigenvalue weighted by molar-refractivity contribution is 0.00814. The summed E-state index contributed by atoms with van der Waals surface area (Å²) in [5, 5.41) is 3.24. The summed E-state index contributed by atoms with van der Waals surface area (Å²) < 4.78 is 18.8. The van der Waals surface area contributed by atoms with Crippen LogP contribution in [0.3, 0.4) is 0 Å². The molecule has 0 saturated carbocycles. The fourth-order valence-electron chi connectivity index (χ4n) is 1.87. The summed E-state index contributed by atoms with van der Waals surface area (Å²) in [5.41, 5.74) is 0.905. The van der Waals surface area contributed by atoms with Crippen molar-refractivity contribution in [3.63, 3.8) is 0 Å². The molecule has 1 heterocycles. The Labute approximate surface area is 89.4 Å². The van der Waals surface area contributed by atoms with E-state index in [4.69, 9.17) is 4.74 Å². The minimum absolute atomic E-state index is 0.0365. The van der Waals surface area contributed by atoms with Crippen molar-refractivity contribution in [3.05, 3.63) is 35.6 Å². The van der Waals surface area contributed by atoms with Gasteiger partial charge < -0.3 is 10.1 Å². The van der Waals surface area contributed by atoms with Crippen molar-refractivity contribution in [2.24, 2.45) is 0 Å². The Hall–Kier alpha value is -0.930. The number of benzene rings is 1. The van der Waals surface area contributed by atoms with Crippen LogP contribution in [0.25, 0.3) is 0 Å². The molecule has 0 aliphatic carbocycles. The van der Waals surface area contributed by atoms with Crippen LogP contribution in [0.5, 0.6) is 0 Å². The summed E-state index contributed by atoms with van der Waals surface area (Å²) in [6.45, 7) is 3.88. The second-order valence-corrected chi connectivity index (χ2v) is 3.95. The van der Waals surface area contributed by atoms with E-state index in [9.17, 15) is 4.39 Å². The first-order chi connectivity index (χ1) is 7.25. The minimum Gasteiger partial charge on any atom is -0.369 e. The van der Waals surface area contributed by atoms with E-state index in [1.165, 1.54) is 12.1 Å². The molecule has 1 saturated heterocycles. The summed E-state index contributed by atoms with van der Waals surface area (Å²) >= 11 is 0. The summed E-state index contributed by atoms with van der Waals surface area (Å²) in [4.78, 5) is 0. The molecule has 15 heavy (non-hydrogen) atoms. The van der Waals surface area contributed by atoms with Gasteiger partial charge in [0, 0.05) is 6.54 Å². The van der Waals surface area contributed by atoms with Gasteiger partial charge in [-0.1, -0.05) is 12.1 Å². The Morgan fingerprint density at radius 1 is 1.53 bits per heavy atom. The van der Waals surface area contributed by atoms with E-state index in [1.54, 1.807) is 6.07 Å². The predicted molar refractivity (Wildman–Crippen MR) is 57.2 cm³/mol. The van der Waals surface area contributed by atoms with Gasteiger partial charge in [0.05, 0.1) is 12.2 Å². The zero-order chi connectivity index (χ0) is 10.7. The SMILES string of the molecule is C[C@H](O[C@H]1CCNC1)c1cccc(F)c1. The van der Waals surface area contributed by atoms with E-state index < -0.39 is 0 Å². The first-order valence-corrected chi connectivity index (χ1v) is 5.37. The van der Waals surface area contributed by atoms with E-state index in [-0.39, 0.29) is 18.0 Å². The molecule has 2 nitrogen and oxygen atoms in total. The zero-order valence-electron chi connectivity index (χ0n) is 8.87. The summed E-state index contributed by atoms with van der Waals surface area (Å²) in [6.07, 6.45) is 1.27. The molecule has 0 spiro atoms. The standard InChI is InChI=1S/C12H16FNO/c1-9(15-12-5-6-14-8-12)10-3-2-4-11(13)7-10/h2-4,7,9,12,14H,5-6,8H2,1H3/t9-,12-/m0/s1. The van der Waals surface area contributed by atoms with Gasteiger partial charge in [0.25, 0.3) is 0 Å². The molecule has 0 radical (unpaired) electrons. The van der Waals surface area contributed by atoms with Crippen LogP contribution in [0.15, 0.2) is 24.3 Å². The molecule has 1 fully saturated rings. The Bertz CT molecular complexity index is 323. The van der Waals surface area contributed by atoms with E-state index in [0.29, 0.717) is 0 Å². The van der Waals surface area contributed by atoms with Gasteiger partial charge in [-0.2, -0.15) is 0 Å². The number of hydrogen-bond donors (Lipinski definition) is 1. The number of halogens is 1. The Morgan fingerprint density at radius 3 is 3.07 bits per heavy atom. The Morgan fingerprint density at radius 2 is 2.40 bits per heavy atom. The maximum atomic E-state index is 13.0. The van der Waals surface area contributed by atoms with Crippen LogP contribution < -0.4 is 5.32 Å². The second-order valence-electron chi connectivity index (χ2n) is 3.95. The van der Waals surface area contributed by atoms with Gasteiger partial charge in [-0.15, -0.1) is 0 Å². The quantitative estimate of drug-likeness (QED) is 0.824. The van der Waals surface area contributed by atoms with Gasteiger partial charge >= 0.3 is 0 Å². The maximum Gasteiger partial charge on any atom is 0.123 e. The molecule has 1 aliphatic rings. The molecule has 3 heteroatoms. The maximum absolute atomic E-state index is 13.0. The third-order valence-corrected chi connectivity index (χ3v) is 2.73. The molecule has 0 amide bonds. The van der Waals surface area contributed by atoms with Crippen molar-refractivity contribution in [2.75, 3.05) is 13.1 Å². The molecule has 2 atom stereocenters. The highest BCUT2D eigenvalue weighted by Gasteiger charge is 2.18. The minimum atomic E-state index is -0.201. The molecule has 0 aromatic heterocycles. The van der Waals surface area contributed by atoms with Crippen molar-refractivity contribution in [1.82, 2.24) is 5.32 Å². The number of rotatable bonds is 3. The topological polar surface area (TPSA) is 21.3 Å². The predicted octanol–water partition coefficient (Wildman–Crippen LogP) is 2.27. The number of nitrogens with one attached hydrogen (secondary N) is 1. The van der Waals surface area contributed by atoms with Crippen LogP contribution in [-0.4, -0.2) is 19.2 Å². The Balaban J connectivity index is 1.97. The Kier molecular flexibility index (Phi) is 3.34. The fourth-order valence-corrected chi connectivity index (χ4v) is 1.87. The van der Waals surface area contributed by atoms with E-state index >= 15 is 0 Å². The van der Waals surface area contributed by atoms with Gasteiger partial charge in [0.2, 0.25) is 0 Å². The van der Waals surface area contributed by atoms with E-state index in [0.717, 1.165) is 25.1 Å².